The summed E-state index contributed by atoms with van der Waals surface area (Å²) in [5.41, 5.74) is -0.0865. The van der Waals surface area contributed by atoms with Gasteiger partial charge >= 0.3 is 0 Å². The van der Waals surface area contributed by atoms with E-state index in [1.54, 1.807) is 0 Å². The predicted molar refractivity (Wildman–Crippen MR) is 76.1 cm³/mol. The molecule has 2 atom stereocenters. The van der Waals surface area contributed by atoms with E-state index in [-0.39, 0.29) is 12.0 Å². The maximum absolute atomic E-state index is 11.6. The van der Waals surface area contributed by atoms with Gasteiger partial charge in [-0.25, -0.2) is 0 Å². The normalized spacial score (nSPS) is 34.3. The summed E-state index contributed by atoms with van der Waals surface area (Å²) in [5.74, 6) is 0.689. The molecule has 2 aliphatic rings. The van der Waals surface area contributed by atoms with E-state index in [4.69, 9.17) is 5.11 Å². The van der Waals surface area contributed by atoms with Crippen LogP contribution in [0, 0.1) is 11.3 Å². The van der Waals surface area contributed by atoms with Gasteiger partial charge in [-0.05, 0) is 18.8 Å². The summed E-state index contributed by atoms with van der Waals surface area (Å²) in [4.78, 5) is 16.3. The smallest absolute Gasteiger partial charge is 0.127 e. The zero-order chi connectivity index (χ0) is 13.7. The summed E-state index contributed by atoms with van der Waals surface area (Å²) in [6.07, 6.45) is 5.85. The Morgan fingerprint density at radius 2 is 1.95 bits per heavy atom. The minimum absolute atomic E-state index is 0.0865. The highest BCUT2D eigenvalue weighted by Crippen LogP contribution is 2.38. The van der Waals surface area contributed by atoms with Crippen LogP contribution in [0.4, 0.5) is 0 Å². The first kappa shape index (κ1) is 14.9. The third-order valence-corrected chi connectivity index (χ3v) is 4.80. The predicted octanol–water partition coefficient (Wildman–Crippen LogP) is 0.992. The van der Waals surface area contributed by atoms with Gasteiger partial charge in [0, 0.05) is 44.7 Å². The largest absolute Gasteiger partial charge is 0.395 e. The molecule has 1 heterocycles. The van der Waals surface area contributed by atoms with Crippen LogP contribution in [0.15, 0.2) is 0 Å². The Hall–Kier alpha value is -0.450. The van der Waals surface area contributed by atoms with Crippen molar-refractivity contribution >= 4 is 6.29 Å². The number of rotatable bonds is 5. The van der Waals surface area contributed by atoms with E-state index in [1.807, 2.05) is 0 Å². The van der Waals surface area contributed by atoms with E-state index in [0.29, 0.717) is 5.92 Å². The topological polar surface area (TPSA) is 43.8 Å². The lowest BCUT2D eigenvalue weighted by Crippen LogP contribution is -2.51. The SMILES string of the molecule is CC1CCCC(C=O)(CN2CCN(CCO)CC2)C1. The number of aldehydes is 1. The maximum atomic E-state index is 11.6. The first-order chi connectivity index (χ1) is 9.17. The summed E-state index contributed by atoms with van der Waals surface area (Å²) in [6.45, 7) is 8.34. The van der Waals surface area contributed by atoms with Crippen molar-refractivity contribution in [2.24, 2.45) is 11.3 Å². The molecule has 1 aliphatic carbocycles. The van der Waals surface area contributed by atoms with E-state index in [1.165, 1.54) is 19.1 Å². The highest BCUT2D eigenvalue weighted by Gasteiger charge is 2.36. The monoisotopic (exact) mass is 268 g/mol. The molecule has 0 aromatic carbocycles. The molecule has 2 rings (SSSR count). The lowest BCUT2D eigenvalue weighted by atomic mass is 9.70. The number of nitrogens with zero attached hydrogens (tertiary/aromatic N) is 2. The molecule has 19 heavy (non-hydrogen) atoms. The number of aliphatic hydroxyl groups excluding tert-OH is 1. The van der Waals surface area contributed by atoms with Crippen molar-refractivity contribution in [3.05, 3.63) is 0 Å². The molecular formula is C15H28N2O2. The molecule has 0 amide bonds. The Labute approximate surface area is 116 Å². The number of hydrogen-bond donors (Lipinski definition) is 1. The zero-order valence-corrected chi connectivity index (χ0v) is 12.2. The average Bonchev–Trinajstić information content (AvgIpc) is 2.41. The number of β-amino-alcohol motifs (C(OH)–C–C–N with tert-alkyl or cyclic N) is 1. The number of hydrogen-bond acceptors (Lipinski definition) is 4. The standard InChI is InChI=1S/C15H28N2O2/c1-14-3-2-4-15(11-14,13-19)12-17-7-5-16(6-8-17)9-10-18/h13-14,18H,2-12H2,1H3. The Balaban J connectivity index is 1.84. The summed E-state index contributed by atoms with van der Waals surface area (Å²) in [6, 6.07) is 0. The lowest BCUT2D eigenvalue weighted by Gasteiger charge is -2.42. The number of piperazine rings is 1. The van der Waals surface area contributed by atoms with Gasteiger partial charge in [-0.2, -0.15) is 0 Å². The van der Waals surface area contributed by atoms with Crippen LogP contribution < -0.4 is 0 Å². The van der Waals surface area contributed by atoms with Gasteiger partial charge in [0.1, 0.15) is 6.29 Å². The van der Waals surface area contributed by atoms with Crippen molar-refractivity contribution in [3.8, 4) is 0 Å². The second-order valence-corrected chi connectivity index (χ2v) is 6.52. The average molecular weight is 268 g/mol. The molecule has 110 valence electrons. The van der Waals surface area contributed by atoms with Crippen LogP contribution >= 0.6 is 0 Å². The van der Waals surface area contributed by atoms with Gasteiger partial charge < -0.3 is 9.90 Å². The maximum Gasteiger partial charge on any atom is 0.127 e. The summed E-state index contributed by atoms with van der Waals surface area (Å²) < 4.78 is 0. The first-order valence-corrected chi connectivity index (χ1v) is 7.69. The Morgan fingerprint density at radius 3 is 2.53 bits per heavy atom. The van der Waals surface area contributed by atoms with Gasteiger partial charge in [0.05, 0.1) is 6.61 Å². The Bertz CT molecular complexity index is 290. The molecule has 4 nitrogen and oxygen atoms in total. The second kappa shape index (κ2) is 6.82. The molecule has 0 aromatic rings. The van der Waals surface area contributed by atoms with Crippen molar-refractivity contribution in [1.29, 1.82) is 0 Å². The van der Waals surface area contributed by atoms with Crippen LogP contribution in [-0.2, 0) is 4.79 Å². The lowest BCUT2D eigenvalue weighted by molar-refractivity contribution is -0.120. The van der Waals surface area contributed by atoms with Crippen molar-refractivity contribution < 1.29 is 9.90 Å². The molecule has 1 aliphatic heterocycles. The van der Waals surface area contributed by atoms with E-state index < -0.39 is 0 Å². The summed E-state index contributed by atoms with van der Waals surface area (Å²) >= 11 is 0. The third kappa shape index (κ3) is 4.01. The van der Waals surface area contributed by atoms with Crippen molar-refractivity contribution in [3.63, 3.8) is 0 Å². The Kier molecular flexibility index (Phi) is 5.37. The molecular weight excluding hydrogens is 240 g/mol. The van der Waals surface area contributed by atoms with Crippen LogP contribution in [0.3, 0.4) is 0 Å². The van der Waals surface area contributed by atoms with Gasteiger partial charge in [-0.1, -0.05) is 19.8 Å². The third-order valence-electron chi connectivity index (χ3n) is 4.80. The van der Waals surface area contributed by atoms with Crippen molar-refractivity contribution in [2.45, 2.75) is 32.6 Å². The van der Waals surface area contributed by atoms with Crippen molar-refractivity contribution in [2.75, 3.05) is 45.9 Å². The minimum Gasteiger partial charge on any atom is -0.395 e. The molecule has 0 radical (unpaired) electrons. The highest BCUT2D eigenvalue weighted by molar-refractivity contribution is 5.60. The van der Waals surface area contributed by atoms with Gasteiger partial charge in [0.15, 0.2) is 0 Å². The van der Waals surface area contributed by atoms with Crippen LogP contribution in [0.1, 0.15) is 32.6 Å². The molecule has 2 fully saturated rings. The molecule has 2 unspecified atom stereocenters. The van der Waals surface area contributed by atoms with Gasteiger partial charge in [-0.15, -0.1) is 0 Å². The molecule has 0 spiro atoms. The van der Waals surface area contributed by atoms with E-state index >= 15 is 0 Å². The van der Waals surface area contributed by atoms with Crippen LogP contribution in [0.2, 0.25) is 0 Å². The molecule has 0 aromatic heterocycles. The number of aliphatic hydroxyl groups is 1. The second-order valence-electron chi connectivity index (χ2n) is 6.52. The molecule has 1 saturated heterocycles. The summed E-state index contributed by atoms with van der Waals surface area (Å²) in [5, 5.41) is 8.95. The summed E-state index contributed by atoms with van der Waals surface area (Å²) in [7, 11) is 0. The zero-order valence-electron chi connectivity index (χ0n) is 12.2. The minimum atomic E-state index is -0.0865. The van der Waals surface area contributed by atoms with Crippen LogP contribution in [-0.4, -0.2) is 67.1 Å². The van der Waals surface area contributed by atoms with E-state index in [0.717, 1.165) is 52.1 Å². The molecule has 0 bridgehead atoms. The van der Waals surface area contributed by atoms with Gasteiger partial charge in [0.25, 0.3) is 0 Å². The quantitative estimate of drug-likeness (QED) is 0.755. The number of carbonyl (C=O) groups is 1. The fraction of sp³-hybridized carbons (Fsp3) is 0.933. The van der Waals surface area contributed by atoms with Crippen LogP contribution in [0.5, 0.6) is 0 Å². The van der Waals surface area contributed by atoms with E-state index in [9.17, 15) is 4.79 Å². The van der Waals surface area contributed by atoms with Gasteiger partial charge in [-0.3, -0.25) is 9.80 Å². The van der Waals surface area contributed by atoms with E-state index in [2.05, 4.69) is 16.7 Å². The first-order valence-electron chi connectivity index (χ1n) is 7.69. The fourth-order valence-electron chi connectivity index (χ4n) is 3.75. The van der Waals surface area contributed by atoms with Crippen molar-refractivity contribution in [1.82, 2.24) is 9.80 Å². The van der Waals surface area contributed by atoms with Gasteiger partial charge in [0.2, 0.25) is 0 Å². The van der Waals surface area contributed by atoms with Crippen LogP contribution in [0.25, 0.3) is 0 Å². The molecule has 1 N–H and O–H groups in total. The number of carbonyl (C=O) groups excluding carboxylic acids is 1. The fourth-order valence-corrected chi connectivity index (χ4v) is 3.75. The Morgan fingerprint density at radius 1 is 1.26 bits per heavy atom. The molecule has 4 heteroatoms. The molecule has 1 saturated carbocycles. The highest BCUT2D eigenvalue weighted by atomic mass is 16.3.